The van der Waals surface area contributed by atoms with E-state index in [2.05, 4.69) is 22.9 Å². The van der Waals surface area contributed by atoms with Crippen LogP contribution in [0, 0.1) is 0 Å². The zero-order chi connectivity index (χ0) is 15.0. The topological polar surface area (TPSA) is 29.5 Å². The van der Waals surface area contributed by atoms with Crippen molar-refractivity contribution >= 4 is 33.4 Å². The molecule has 1 rings (SSSR count). The molecule has 0 bridgehead atoms. The van der Waals surface area contributed by atoms with E-state index in [1.165, 1.54) is 0 Å². The van der Waals surface area contributed by atoms with Crippen molar-refractivity contribution in [1.29, 1.82) is 0 Å². The number of unbranched alkanes of at least 4 members (excludes halogenated alkanes) is 1. The van der Waals surface area contributed by atoms with Crippen LogP contribution in [-0.4, -0.2) is 35.3 Å². The summed E-state index contributed by atoms with van der Waals surface area (Å²) in [6.45, 7) is 5.35. The van der Waals surface area contributed by atoms with Crippen LogP contribution in [0.4, 0.5) is 0 Å². The van der Waals surface area contributed by atoms with Crippen LogP contribution in [0.1, 0.15) is 26.7 Å². The summed E-state index contributed by atoms with van der Waals surface area (Å²) >= 11 is 9.29. The van der Waals surface area contributed by atoms with Crippen LogP contribution >= 0.6 is 27.5 Å². The van der Waals surface area contributed by atoms with Crippen molar-refractivity contribution in [3.05, 3.63) is 29.3 Å². The van der Waals surface area contributed by atoms with Gasteiger partial charge >= 0.3 is 0 Å². The molecule has 3 nitrogen and oxygen atoms in total. The number of hydrogen-bond acceptors (Lipinski definition) is 2. The fourth-order valence-electron chi connectivity index (χ4n) is 1.84. The Morgan fingerprint density at radius 2 is 2.20 bits per heavy atom. The Balaban J connectivity index is 2.63. The first-order valence-corrected chi connectivity index (χ1v) is 8.35. The predicted octanol–water partition coefficient (Wildman–Crippen LogP) is 4.13. The molecule has 0 heterocycles. The lowest BCUT2D eigenvalue weighted by Crippen LogP contribution is -2.42. The van der Waals surface area contributed by atoms with Gasteiger partial charge in [0, 0.05) is 23.4 Å². The molecule has 112 valence electrons. The van der Waals surface area contributed by atoms with E-state index in [0.717, 1.165) is 24.7 Å². The van der Waals surface area contributed by atoms with E-state index in [-0.39, 0.29) is 5.91 Å². The van der Waals surface area contributed by atoms with Crippen molar-refractivity contribution in [3.8, 4) is 5.75 Å². The summed E-state index contributed by atoms with van der Waals surface area (Å²) in [5.74, 6) is 0.630. The Kier molecular flexibility index (Phi) is 8.00. The molecule has 1 amide bonds. The number of nitrogens with zero attached hydrogens (tertiary/aromatic N) is 1. The molecule has 1 unspecified atom stereocenters. The van der Waals surface area contributed by atoms with Crippen LogP contribution in [-0.2, 0) is 4.79 Å². The molecule has 20 heavy (non-hydrogen) atoms. The Bertz CT molecular complexity index is 428. The molecule has 0 spiro atoms. The number of ether oxygens (including phenoxy) is 1. The third kappa shape index (κ3) is 5.71. The smallest absolute Gasteiger partial charge is 0.263 e. The van der Waals surface area contributed by atoms with Gasteiger partial charge in [0.05, 0.1) is 0 Å². The van der Waals surface area contributed by atoms with Gasteiger partial charge < -0.3 is 9.64 Å². The van der Waals surface area contributed by atoms with Crippen molar-refractivity contribution in [2.24, 2.45) is 0 Å². The number of alkyl halides is 1. The second-order valence-electron chi connectivity index (χ2n) is 4.59. The molecule has 0 saturated carbocycles. The quantitative estimate of drug-likeness (QED) is 0.651. The summed E-state index contributed by atoms with van der Waals surface area (Å²) in [5.41, 5.74) is 0. The third-order valence-corrected chi connectivity index (χ3v) is 3.49. The molecule has 1 atom stereocenters. The SMILES string of the molecule is CCCCN(CCBr)C(=O)C(C)Oc1cccc(Cl)c1. The molecule has 0 aromatic heterocycles. The molecular formula is C15H21BrClNO2. The van der Waals surface area contributed by atoms with Gasteiger partial charge in [-0.1, -0.05) is 46.9 Å². The molecule has 0 fully saturated rings. The largest absolute Gasteiger partial charge is 0.481 e. The lowest BCUT2D eigenvalue weighted by atomic mass is 10.2. The highest BCUT2D eigenvalue weighted by molar-refractivity contribution is 9.09. The van der Waals surface area contributed by atoms with Gasteiger partial charge in [0.2, 0.25) is 0 Å². The third-order valence-electron chi connectivity index (χ3n) is 2.90. The van der Waals surface area contributed by atoms with E-state index in [1.54, 1.807) is 25.1 Å². The van der Waals surface area contributed by atoms with Crippen molar-refractivity contribution in [1.82, 2.24) is 4.90 Å². The minimum atomic E-state index is -0.510. The molecule has 1 aromatic carbocycles. The average molecular weight is 363 g/mol. The molecular weight excluding hydrogens is 342 g/mol. The molecule has 0 N–H and O–H groups in total. The van der Waals surface area contributed by atoms with Gasteiger partial charge in [-0.2, -0.15) is 0 Å². The molecule has 0 aliphatic carbocycles. The molecule has 5 heteroatoms. The zero-order valence-corrected chi connectivity index (χ0v) is 14.3. The van der Waals surface area contributed by atoms with E-state index in [1.807, 2.05) is 11.0 Å². The first kappa shape index (κ1) is 17.3. The highest BCUT2D eigenvalue weighted by atomic mass is 79.9. The number of halogens is 2. The van der Waals surface area contributed by atoms with Crippen molar-refractivity contribution < 1.29 is 9.53 Å². The van der Waals surface area contributed by atoms with E-state index in [0.29, 0.717) is 17.3 Å². The maximum Gasteiger partial charge on any atom is 0.263 e. The van der Waals surface area contributed by atoms with Crippen LogP contribution in [0.3, 0.4) is 0 Å². The second-order valence-corrected chi connectivity index (χ2v) is 5.81. The Hall–Kier alpha value is -0.740. The number of carbonyl (C=O) groups is 1. The Morgan fingerprint density at radius 3 is 2.80 bits per heavy atom. The van der Waals surface area contributed by atoms with Crippen molar-refractivity contribution in [3.63, 3.8) is 0 Å². The lowest BCUT2D eigenvalue weighted by molar-refractivity contribution is -0.137. The van der Waals surface area contributed by atoms with E-state index < -0.39 is 6.10 Å². The summed E-state index contributed by atoms with van der Waals surface area (Å²) in [6.07, 6.45) is 1.56. The highest BCUT2D eigenvalue weighted by Gasteiger charge is 2.21. The van der Waals surface area contributed by atoms with Gasteiger partial charge in [0.1, 0.15) is 5.75 Å². The monoisotopic (exact) mass is 361 g/mol. The average Bonchev–Trinajstić information content (AvgIpc) is 2.42. The lowest BCUT2D eigenvalue weighted by Gasteiger charge is -2.25. The van der Waals surface area contributed by atoms with Crippen molar-refractivity contribution in [2.75, 3.05) is 18.4 Å². The fourth-order valence-corrected chi connectivity index (χ4v) is 2.44. The Morgan fingerprint density at radius 1 is 1.45 bits per heavy atom. The number of benzene rings is 1. The first-order valence-electron chi connectivity index (χ1n) is 6.85. The highest BCUT2D eigenvalue weighted by Crippen LogP contribution is 2.19. The summed E-state index contributed by atoms with van der Waals surface area (Å²) in [4.78, 5) is 14.2. The first-order chi connectivity index (χ1) is 9.58. The zero-order valence-electron chi connectivity index (χ0n) is 11.9. The molecule has 0 aliphatic rings. The van der Waals surface area contributed by atoms with Crippen molar-refractivity contribution in [2.45, 2.75) is 32.8 Å². The number of hydrogen-bond donors (Lipinski definition) is 0. The molecule has 1 aromatic rings. The molecule has 0 aliphatic heterocycles. The summed E-state index contributed by atoms with van der Waals surface area (Å²) in [6, 6.07) is 7.10. The van der Waals surface area contributed by atoms with E-state index >= 15 is 0 Å². The molecule has 0 saturated heterocycles. The summed E-state index contributed by atoms with van der Waals surface area (Å²) < 4.78 is 5.67. The summed E-state index contributed by atoms with van der Waals surface area (Å²) in [5, 5.41) is 1.37. The van der Waals surface area contributed by atoms with Crippen LogP contribution in [0.15, 0.2) is 24.3 Å². The molecule has 0 radical (unpaired) electrons. The predicted molar refractivity (Wildman–Crippen MR) is 86.8 cm³/mol. The number of carbonyl (C=O) groups excluding carboxylic acids is 1. The normalized spacial score (nSPS) is 12.0. The van der Waals surface area contributed by atoms with Crippen LogP contribution in [0.5, 0.6) is 5.75 Å². The van der Waals surface area contributed by atoms with Crippen LogP contribution in [0.25, 0.3) is 0 Å². The van der Waals surface area contributed by atoms with Gasteiger partial charge in [0.25, 0.3) is 5.91 Å². The standard InChI is InChI=1S/C15H21BrClNO2/c1-3-4-9-18(10-8-16)15(19)12(2)20-14-7-5-6-13(17)11-14/h5-7,11-12H,3-4,8-10H2,1-2H3. The number of rotatable bonds is 8. The fraction of sp³-hybridized carbons (Fsp3) is 0.533. The maximum absolute atomic E-state index is 12.4. The van der Waals surface area contributed by atoms with E-state index in [4.69, 9.17) is 16.3 Å². The second kappa shape index (κ2) is 9.24. The van der Waals surface area contributed by atoms with Gasteiger partial charge in [-0.25, -0.2) is 0 Å². The minimum absolute atomic E-state index is 0.0119. The van der Waals surface area contributed by atoms with Gasteiger partial charge in [-0.05, 0) is 31.5 Å². The van der Waals surface area contributed by atoms with Gasteiger partial charge in [0.15, 0.2) is 6.10 Å². The van der Waals surface area contributed by atoms with Crippen LogP contribution < -0.4 is 4.74 Å². The minimum Gasteiger partial charge on any atom is -0.481 e. The van der Waals surface area contributed by atoms with E-state index in [9.17, 15) is 4.79 Å². The number of amides is 1. The van der Waals surface area contributed by atoms with Gasteiger partial charge in [-0.15, -0.1) is 0 Å². The Labute approximate surface area is 134 Å². The maximum atomic E-state index is 12.4. The summed E-state index contributed by atoms with van der Waals surface area (Å²) in [7, 11) is 0. The van der Waals surface area contributed by atoms with Crippen LogP contribution in [0.2, 0.25) is 5.02 Å². The van der Waals surface area contributed by atoms with Gasteiger partial charge in [-0.3, -0.25) is 4.79 Å².